The van der Waals surface area contributed by atoms with Crippen molar-refractivity contribution in [3.05, 3.63) is 76.7 Å². The predicted molar refractivity (Wildman–Crippen MR) is 147 cm³/mol. The summed E-state index contributed by atoms with van der Waals surface area (Å²) in [7, 11) is 0. The van der Waals surface area contributed by atoms with Gasteiger partial charge < -0.3 is 15.5 Å². The van der Waals surface area contributed by atoms with Gasteiger partial charge in [-0.3, -0.25) is 4.79 Å². The molecule has 2 fully saturated rings. The SMILES string of the molecule is CC1(Cc2ccc(C(=O)Cc3cc(-c4cccs4)ccc3N)cc2)CCN(C(=O)N2CCCC2)CC1. The second-order valence-electron chi connectivity index (χ2n) is 10.6. The van der Waals surface area contributed by atoms with Crippen molar-refractivity contribution in [2.24, 2.45) is 5.41 Å². The first-order valence-corrected chi connectivity index (χ1v) is 13.9. The van der Waals surface area contributed by atoms with Gasteiger partial charge in [-0.15, -0.1) is 11.3 Å². The molecule has 0 bridgehead atoms. The Labute approximate surface area is 217 Å². The third kappa shape index (κ3) is 5.49. The van der Waals surface area contributed by atoms with Gasteiger partial charge in [0.25, 0.3) is 0 Å². The number of urea groups is 1. The number of benzene rings is 2. The Hall–Kier alpha value is -3.12. The van der Waals surface area contributed by atoms with Crippen molar-refractivity contribution >= 4 is 28.8 Å². The zero-order valence-corrected chi connectivity index (χ0v) is 21.9. The number of hydrogen-bond donors (Lipinski definition) is 1. The number of amides is 2. The summed E-state index contributed by atoms with van der Waals surface area (Å²) in [6, 6.07) is 18.4. The van der Waals surface area contributed by atoms with E-state index in [4.69, 9.17) is 5.73 Å². The van der Waals surface area contributed by atoms with Gasteiger partial charge in [0.2, 0.25) is 0 Å². The molecule has 2 aromatic carbocycles. The van der Waals surface area contributed by atoms with Crippen LogP contribution in [0.3, 0.4) is 0 Å². The van der Waals surface area contributed by atoms with Crippen LogP contribution < -0.4 is 5.73 Å². The highest BCUT2D eigenvalue weighted by Crippen LogP contribution is 2.35. The Kier molecular flexibility index (Phi) is 7.15. The summed E-state index contributed by atoms with van der Waals surface area (Å²) in [5, 5.41) is 2.05. The third-order valence-corrected chi connectivity index (χ3v) is 8.74. The molecule has 0 radical (unpaired) electrons. The molecular weight excluding hydrogens is 466 g/mol. The molecule has 2 saturated heterocycles. The van der Waals surface area contributed by atoms with Crippen molar-refractivity contribution in [3.63, 3.8) is 0 Å². The van der Waals surface area contributed by atoms with Crippen molar-refractivity contribution in [3.8, 4) is 10.4 Å². The molecule has 3 aromatic rings. The van der Waals surface area contributed by atoms with Crippen LogP contribution in [0.5, 0.6) is 0 Å². The molecule has 5 rings (SSSR count). The second kappa shape index (κ2) is 10.5. The minimum atomic E-state index is 0.0801. The quantitative estimate of drug-likeness (QED) is 0.319. The van der Waals surface area contributed by atoms with Gasteiger partial charge in [-0.2, -0.15) is 0 Å². The lowest BCUT2D eigenvalue weighted by Crippen LogP contribution is -2.48. The first kappa shape index (κ1) is 24.6. The Balaban J connectivity index is 1.18. The summed E-state index contributed by atoms with van der Waals surface area (Å²) >= 11 is 1.68. The fourth-order valence-electron chi connectivity index (χ4n) is 5.45. The fourth-order valence-corrected chi connectivity index (χ4v) is 6.18. The van der Waals surface area contributed by atoms with E-state index in [1.807, 2.05) is 46.2 Å². The van der Waals surface area contributed by atoms with Crippen LogP contribution in [0.25, 0.3) is 10.4 Å². The number of anilines is 1. The monoisotopic (exact) mass is 501 g/mol. The first-order chi connectivity index (χ1) is 17.4. The van der Waals surface area contributed by atoms with Crippen LogP contribution in [0.4, 0.5) is 10.5 Å². The number of nitrogens with zero attached hydrogens (tertiary/aromatic N) is 2. The number of carbonyl (C=O) groups excluding carboxylic acids is 2. The van der Waals surface area contributed by atoms with Gasteiger partial charge in [0.1, 0.15) is 0 Å². The van der Waals surface area contributed by atoms with Crippen molar-refractivity contribution in [1.29, 1.82) is 0 Å². The topological polar surface area (TPSA) is 66.6 Å². The molecule has 1 aromatic heterocycles. The van der Waals surface area contributed by atoms with Gasteiger partial charge in [-0.25, -0.2) is 4.79 Å². The molecule has 188 valence electrons. The maximum atomic E-state index is 13.0. The molecule has 3 heterocycles. The van der Waals surface area contributed by atoms with Crippen LogP contribution in [0.2, 0.25) is 0 Å². The summed E-state index contributed by atoms with van der Waals surface area (Å²) < 4.78 is 0. The van der Waals surface area contributed by atoms with Crippen LogP contribution in [0.15, 0.2) is 60.0 Å². The normalized spacial score (nSPS) is 17.4. The molecule has 0 atom stereocenters. The fraction of sp³-hybridized carbons (Fsp3) is 0.400. The van der Waals surface area contributed by atoms with E-state index in [0.717, 1.165) is 75.0 Å². The number of nitrogen functional groups attached to an aromatic ring is 1. The zero-order valence-electron chi connectivity index (χ0n) is 21.0. The third-order valence-electron chi connectivity index (χ3n) is 7.82. The largest absolute Gasteiger partial charge is 0.398 e. The van der Waals surface area contributed by atoms with Gasteiger partial charge in [0.15, 0.2) is 5.78 Å². The summed E-state index contributed by atoms with van der Waals surface area (Å²) in [5.41, 5.74) is 11.0. The number of Topliss-reactive ketones (excluding diaryl/α,β-unsaturated/α-hetero) is 1. The molecular formula is C30H35N3O2S. The minimum absolute atomic E-state index is 0.0801. The highest BCUT2D eigenvalue weighted by Gasteiger charge is 2.34. The van der Waals surface area contributed by atoms with Gasteiger partial charge in [0, 0.05) is 48.7 Å². The number of carbonyl (C=O) groups is 2. The van der Waals surface area contributed by atoms with Gasteiger partial charge >= 0.3 is 6.03 Å². The number of piperidine rings is 1. The number of thiophene rings is 1. The molecule has 6 heteroatoms. The summed E-state index contributed by atoms with van der Waals surface area (Å²) in [6.07, 6.45) is 5.53. The Morgan fingerprint density at radius 1 is 0.944 bits per heavy atom. The molecule has 5 nitrogen and oxygen atoms in total. The van der Waals surface area contributed by atoms with E-state index in [2.05, 4.69) is 30.5 Å². The van der Waals surface area contributed by atoms with Crippen molar-refractivity contribution < 1.29 is 9.59 Å². The first-order valence-electron chi connectivity index (χ1n) is 13.0. The van der Waals surface area contributed by atoms with Crippen LogP contribution >= 0.6 is 11.3 Å². The minimum Gasteiger partial charge on any atom is -0.398 e. The van der Waals surface area contributed by atoms with E-state index in [-0.39, 0.29) is 17.2 Å². The number of hydrogen-bond acceptors (Lipinski definition) is 4. The molecule has 2 N–H and O–H groups in total. The predicted octanol–water partition coefficient (Wildman–Crippen LogP) is 6.28. The summed E-state index contributed by atoms with van der Waals surface area (Å²) in [5.74, 6) is 0.0801. The standard InChI is InChI=1S/C30H35N3O2S/c1-30(12-16-33(17-13-30)29(35)32-14-2-3-15-32)21-22-6-8-23(9-7-22)27(34)20-25-19-24(10-11-26(25)31)28-5-4-18-36-28/h4-11,18-19H,2-3,12-17,20-21,31H2,1H3. The lowest BCUT2D eigenvalue weighted by Gasteiger charge is -2.40. The molecule has 0 unspecified atom stereocenters. The highest BCUT2D eigenvalue weighted by atomic mass is 32.1. The van der Waals surface area contributed by atoms with Gasteiger partial charge in [0.05, 0.1) is 0 Å². The highest BCUT2D eigenvalue weighted by molar-refractivity contribution is 7.13. The lowest BCUT2D eigenvalue weighted by molar-refractivity contribution is 0.0993. The van der Waals surface area contributed by atoms with E-state index in [1.54, 1.807) is 11.3 Å². The number of ketones is 1. The summed E-state index contributed by atoms with van der Waals surface area (Å²) in [6.45, 7) is 5.80. The second-order valence-corrected chi connectivity index (χ2v) is 11.6. The molecule has 36 heavy (non-hydrogen) atoms. The smallest absolute Gasteiger partial charge is 0.319 e. The number of rotatable bonds is 6. The maximum Gasteiger partial charge on any atom is 0.319 e. The Morgan fingerprint density at radius 2 is 1.64 bits per heavy atom. The van der Waals surface area contributed by atoms with Crippen LogP contribution in [-0.2, 0) is 12.8 Å². The molecule has 0 aliphatic carbocycles. The van der Waals surface area contributed by atoms with Crippen molar-refractivity contribution in [1.82, 2.24) is 9.80 Å². The van der Waals surface area contributed by atoms with Crippen molar-refractivity contribution in [2.75, 3.05) is 31.9 Å². The molecule has 2 aliphatic heterocycles. The molecule has 0 spiro atoms. The Bertz CT molecular complexity index is 1210. The number of nitrogens with two attached hydrogens (primary N) is 1. The average Bonchev–Trinajstić information content (AvgIpc) is 3.61. The molecule has 2 aliphatic rings. The molecule has 0 saturated carbocycles. The van der Waals surface area contributed by atoms with Crippen LogP contribution in [0, 0.1) is 5.41 Å². The van der Waals surface area contributed by atoms with Gasteiger partial charge in [-0.05, 0) is 77.8 Å². The van der Waals surface area contributed by atoms with Crippen LogP contribution in [0.1, 0.15) is 54.1 Å². The maximum absolute atomic E-state index is 13.0. The average molecular weight is 502 g/mol. The lowest BCUT2D eigenvalue weighted by atomic mass is 9.75. The Morgan fingerprint density at radius 3 is 2.31 bits per heavy atom. The van der Waals surface area contributed by atoms with E-state index in [0.29, 0.717) is 12.1 Å². The van der Waals surface area contributed by atoms with E-state index < -0.39 is 0 Å². The van der Waals surface area contributed by atoms with E-state index in [9.17, 15) is 9.59 Å². The van der Waals surface area contributed by atoms with E-state index >= 15 is 0 Å². The van der Waals surface area contributed by atoms with Crippen molar-refractivity contribution in [2.45, 2.75) is 45.4 Å². The van der Waals surface area contributed by atoms with E-state index in [1.165, 1.54) is 10.4 Å². The summed E-state index contributed by atoms with van der Waals surface area (Å²) in [4.78, 5) is 31.0. The molecule has 2 amide bonds. The van der Waals surface area contributed by atoms with Crippen LogP contribution in [-0.4, -0.2) is 47.8 Å². The zero-order chi connectivity index (χ0) is 25.1. The number of likely N-dealkylation sites (tertiary alicyclic amines) is 2. The van der Waals surface area contributed by atoms with Gasteiger partial charge in [-0.1, -0.05) is 43.3 Å².